The summed E-state index contributed by atoms with van der Waals surface area (Å²) in [5, 5.41) is 2.65. The molecule has 3 aliphatic rings. The van der Waals surface area contributed by atoms with Crippen molar-refractivity contribution in [2.45, 2.75) is 154 Å². The third kappa shape index (κ3) is 7.58. The largest absolute Gasteiger partial charge is 0.310 e. The van der Waals surface area contributed by atoms with E-state index in [4.69, 9.17) is 4.98 Å². The first-order valence-electron chi connectivity index (χ1n) is 28.2. The molecule has 0 unspecified atom stereocenters. The first-order valence-corrected chi connectivity index (χ1v) is 29.0. The van der Waals surface area contributed by atoms with Gasteiger partial charge in [0.05, 0.1) is 33.6 Å². The molecule has 4 nitrogen and oxygen atoms in total. The van der Waals surface area contributed by atoms with Gasteiger partial charge in [0.2, 0.25) is 0 Å². The highest BCUT2D eigenvalue weighted by Gasteiger charge is 2.46. The topological polar surface area (TPSA) is 26.0 Å². The van der Waals surface area contributed by atoms with Crippen molar-refractivity contribution in [3.63, 3.8) is 0 Å². The molecule has 0 aliphatic carbocycles. The van der Waals surface area contributed by atoms with Crippen molar-refractivity contribution in [1.82, 2.24) is 14.1 Å². The van der Waals surface area contributed by atoms with E-state index in [0.717, 1.165) is 22.4 Å². The van der Waals surface area contributed by atoms with Gasteiger partial charge >= 0.3 is 0 Å². The van der Waals surface area contributed by atoms with Crippen molar-refractivity contribution < 1.29 is 0 Å². The van der Waals surface area contributed by atoms with Crippen LogP contribution in [0, 0.1) is 0 Å². The summed E-state index contributed by atoms with van der Waals surface area (Å²) in [4.78, 5) is 11.0. The lowest BCUT2D eigenvalue weighted by molar-refractivity contribution is 0.588. The second-order valence-electron chi connectivity index (χ2n) is 27.3. The minimum Gasteiger partial charge on any atom is -0.310 e. The molecule has 0 N–H and O–H groups in total. The molecule has 8 aromatic carbocycles. The fraction of sp³-hybridized carbons (Fsp3) is 0.310. The Morgan fingerprint density at radius 1 is 0.455 bits per heavy atom. The second kappa shape index (κ2) is 16.9. The number of fused-ring (bicyclic) bond motifs is 10. The minimum atomic E-state index is -0.0789. The molecule has 3 aliphatic heterocycles. The zero-order valence-electron chi connectivity index (χ0n) is 48.2. The summed E-state index contributed by atoms with van der Waals surface area (Å²) in [6.45, 7) is 37.7. The molecule has 0 spiro atoms. The van der Waals surface area contributed by atoms with Crippen LogP contribution in [0.15, 0.2) is 149 Å². The Kier molecular flexibility index (Phi) is 10.9. The molecule has 0 bridgehead atoms. The average Bonchev–Trinajstić information content (AvgIpc) is 4.16. The summed E-state index contributed by atoms with van der Waals surface area (Å²) >= 11 is 1.96. The smallest absolute Gasteiger partial charge is 0.252 e. The molecule has 0 saturated heterocycles. The lowest BCUT2D eigenvalue weighted by Crippen LogP contribution is -2.61. The number of anilines is 3. The van der Waals surface area contributed by atoms with Gasteiger partial charge in [-0.25, -0.2) is 4.98 Å². The summed E-state index contributed by atoms with van der Waals surface area (Å²) in [5.74, 6) is 1.53. The van der Waals surface area contributed by atoms with Crippen molar-refractivity contribution in [2.75, 3.05) is 4.90 Å². The minimum absolute atomic E-state index is 0.00754. The van der Waals surface area contributed by atoms with E-state index in [2.05, 4.69) is 264 Å². The highest BCUT2D eigenvalue weighted by Crippen LogP contribution is 2.56. The van der Waals surface area contributed by atoms with Crippen LogP contribution in [0.2, 0.25) is 0 Å². The van der Waals surface area contributed by atoms with Crippen LogP contribution in [0.3, 0.4) is 0 Å². The van der Waals surface area contributed by atoms with Crippen molar-refractivity contribution in [1.29, 1.82) is 0 Å². The fourth-order valence-corrected chi connectivity index (χ4v) is 14.1. The van der Waals surface area contributed by atoms with E-state index < -0.39 is 0 Å². The summed E-state index contributed by atoms with van der Waals surface area (Å²) in [6.07, 6.45) is 0. The van der Waals surface area contributed by atoms with E-state index in [1.807, 2.05) is 11.8 Å². The monoisotopic (exact) mass is 1020 g/mol. The van der Waals surface area contributed by atoms with Crippen LogP contribution in [0.5, 0.6) is 0 Å². The number of aromatic nitrogens is 3. The molecule has 0 radical (unpaired) electrons. The van der Waals surface area contributed by atoms with E-state index in [1.165, 1.54) is 121 Å². The van der Waals surface area contributed by atoms with Gasteiger partial charge in [-0.05, 0) is 143 Å². The fourth-order valence-electron chi connectivity index (χ4n) is 12.9. The van der Waals surface area contributed by atoms with Crippen molar-refractivity contribution in [2.24, 2.45) is 0 Å². The van der Waals surface area contributed by atoms with E-state index in [1.54, 1.807) is 0 Å². The van der Waals surface area contributed by atoms with E-state index in [-0.39, 0.29) is 40.2 Å². The summed E-state index contributed by atoms with van der Waals surface area (Å²) < 4.78 is 5.22. The van der Waals surface area contributed by atoms with E-state index in [9.17, 15) is 0 Å². The number of hydrogen-bond donors (Lipinski definition) is 0. The van der Waals surface area contributed by atoms with Gasteiger partial charge in [0, 0.05) is 48.6 Å². The number of nitrogens with zero attached hydrogens (tertiary/aromatic N) is 4. The van der Waals surface area contributed by atoms with Crippen molar-refractivity contribution >= 4 is 84.8 Å². The van der Waals surface area contributed by atoms with Crippen LogP contribution in [0.4, 0.5) is 17.1 Å². The Labute approximate surface area is 462 Å². The van der Waals surface area contributed by atoms with Crippen LogP contribution < -0.4 is 21.3 Å². The predicted molar refractivity (Wildman–Crippen MR) is 333 cm³/mol. The quantitative estimate of drug-likeness (QED) is 0.161. The first kappa shape index (κ1) is 49.8. The zero-order valence-corrected chi connectivity index (χ0v) is 49.0. The number of rotatable bonds is 5. The second-order valence-corrected chi connectivity index (χ2v) is 28.4. The summed E-state index contributed by atoms with van der Waals surface area (Å²) in [7, 11) is 0. The SMILES string of the molecule is CC(C)c1cccc(C(C)C)c1-n1c(-c2ccccc2)nc2cccc(-c3cc4c5c(c3)-n3c6ccc(C(C)(C)C)cc6c6cc(C(C)(C)C)cc(c63)B5c3cc(C(C)(C)C)cc5c3N4c3ccc(C(C)(C)C)cc3S5)c21. The summed E-state index contributed by atoms with van der Waals surface area (Å²) in [6, 6.07) is 54.6. The molecule has 0 atom stereocenters. The molecule has 77 heavy (non-hydrogen) atoms. The molecular weight excluding hydrogens is 952 g/mol. The number of hydrogen-bond acceptors (Lipinski definition) is 3. The molecule has 0 amide bonds. The van der Waals surface area contributed by atoms with Gasteiger partial charge in [0.25, 0.3) is 6.71 Å². The lowest BCUT2D eigenvalue weighted by atomic mass is 9.33. The lowest BCUT2D eigenvalue weighted by Gasteiger charge is -2.45. The van der Waals surface area contributed by atoms with Gasteiger partial charge < -0.3 is 9.47 Å². The Balaban J connectivity index is 1.22. The maximum atomic E-state index is 5.66. The molecule has 6 heteroatoms. The Hall–Kier alpha value is -6.76. The Morgan fingerprint density at radius 3 is 1.70 bits per heavy atom. The molecule has 13 rings (SSSR count). The molecule has 0 saturated carbocycles. The highest BCUT2D eigenvalue weighted by molar-refractivity contribution is 7.99. The van der Waals surface area contributed by atoms with Crippen LogP contribution in [-0.2, 0) is 21.7 Å². The molecule has 2 aromatic heterocycles. The Morgan fingerprint density at radius 2 is 1.04 bits per heavy atom. The van der Waals surface area contributed by atoms with Crippen LogP contribution >= 0.6 is 11.8 Å². The molecule has 386 valence electrons. The highest BCUT2D eigenvalue weighted by atomic mass is 32.2. The Bertz CT molecular complexity index is 4090. The average molecular weight is 1030 g/mol. The summed E-state index contributed by atoms with van der Waals surface area (Å²) in [5.41, 5.74) is 26.5. The van der Waals surface area contributed by atoms with Gasteiger partial charge in [-0.1, -0.05) is 207 Å². The van der Waals surface area contributed by atoms with E-state index in [0.29, 0.717) is 0 Å². The van der Waals surface area contributed by atoms with Crippen LogP contribution in [-0.4, -0.2) is 20.8 Å². The van der Waals surface area contributed by atoms with Gasteiger partial charge in [-0.15, -0.1) is 0 Å². The van der Waals surface area contributed by atoms with Gasteiger partial charge in [0.15, 0.2) is 0 Å². The van der Waals surface area contributed by atoms with E-state index >= 15 is 0 Å². The predicted octanol–water partition coefficient (Wildman–Crippen LogP) is 18.0. The maximum absolute atomic E-state index is 5.66. The number of benzene rings is 8. The third-order valence-electron chi connectivity index (χ3n) is 17.2. The van der Waals surface area contributed by atoms with Gasteiger partial charge in [-0.2, -0.15) is 0 Å². The van der Waals surface area contributed by atoms with Crippen LogP contribution in [0.25, 0.3) is 66.7 Å². The molecular formula is C71H73BN4S. The number of imidazole rings is 1. The van der Waals surface area contributed by atoms with Crippen LogP contribution in [0.1, 0.15) is 156 Å². The first-order chi connectivity index (χ1) is 36.4. The van der Waals surface area contributed by atoms with Crippen molar-refractivity contribution in [3.05, 3.63) is 173 Å². The molecule has 10 aromatic rings. The normalized spacial score (nSPS) is 14.1. The third-order valence-corrected chi connectivity index (χ3v) is 18.3. The van der Waals surface area contributed by atoms with Crippen molar-refractivity contribution in [3.8, 4) is 33.9 Å². The van der Waals surface area contributed by atoms with Gasteiger partial charge in [-0.3, -0.25) is 4.57 Å². The number of para-hydroxylation sites is 2. The zero-order chi connectivity index (χ0) is 54.2. The van der Waals surface area contributed by atoms with Gasteiger partial charge in [0.1, 0.15) is 5.82 Å². The standard InChI is InChI=1S/C71H73BN4S/c1-40(2)48-24-20-25-49(41(3)4)63(48)76-65-50(26-21-27-55(65)73-67(76)42-22-18-17-19-23-42)43-32-58-62-59(33-43)75-57-31-29-45(69(8,9)10)38-60(57)77-61-39-47(71(14,15)16)37-54(66(61)75)72(62)53-36-46(70(11,12)13)35-52-51-34-44(68(5,6)7)28-30-56(51)74(58)64(52)53/h17-41H,1-16H3. The molecule has 0 fully saturated rings. The maximum Gasteiger partial charge on any atom is 0.252 e. The molecule has 5 heterocycles.